The third kappa shape index (κ3) is 2.82. The molecule has 1 aromatic rings. The molecule has 0 bridgehead atoms. The summed E-state index contributed by atoms with van der Waals surface area (Å²) >= 11 is 11.8. The predicted octanol–water partition coefficient (Wildman–Crippen LogP) is 1.92. The van der Waals surface area contributed by atoms with E-state index in [2.05, 4.69) is 9.88 Å². The molecule has 2 rings (SSSR count). The van der Waals surface area contributed by atoms with Crippen LogP contribution in [0.4, 0.5) is 0 Å². The van der Waals surface area contributed by atoms with Crippen molar-refractivity contribution >= 4 is 23.2 Å². The van der Waals surface area contributed by atoms with Crippen LogP contribution in [0.1, 0.15) is 12.1 Å². The molecule has 2 heterocycles. The highest BCUT2D eigenvalue weighted by atomic mass is 35.5. The van der Waals surface area contributed by atoms with Crippen molar-refractivity contribution in [3.63, 3.8) is 0 Å². The number of nitrogens with zero attached hydrogens (tertiary/aromatic N) is 2. The lowest BCUT2D eigenvalue weighted by Crippen LogP contribution is -2.26. The standard InChI is InChI=1S/C10H13Cl2N3/c11-8-1-2-10(12)14-9(8)6-15-4-3-7(13)5-15/h1-2,7H,3-6,13H2. The highest BCUT2D eigenvalue weighted by molar-refractivity contribution is 6.32. The zero-order chi connectivity index (χ0) is 10.8. The molecule has 1 aromatic heterocycles. The molecule has 0 aromatic carbocycles. The Balaban J connectivity index is 2.07. The van der Waals surface area contributed by atoms with Crippen molar-refractivity contribution in [3.8, 4) is 0 Å². The minimum absolute atomic E-state index is 0.281. The van der Waals surface area contributed by atoms with Gasteiger partial charge in [-0.3, -0.25) is 4.90 Å². The van der Waals surface area contributed by atoms with Crippen molar-refractivity contribution in [1.82, 2.24) is 9.88 Å². The Labute approximate surface area is 99.2 Å². The Morgan fingerprint density at radius 2 is 2.27 bits per heavy atom. The number of aromatic nitrogens is 1. The fraction of sp³-hybridized carbons (Fsp3) is 0.500. The lowest BCUT2D eigenvalue weighted by Gasteiger charge is -2.15. The van der Waals surface area contributed by atoms with Gasteiger partial charge in [-0.05, 0) is 18.6 Å². The van der Waals surface area contributed by atoms with Gasteiger partial charge in [-0.1, -0.05) is 23.2 Å². The van der Waals surface area contributed by atoms with Crippen molar-refractivity contribution in [3.05, 3.63) is 28.0 Å². The summed E-state index contributed by atoms with van der Waals surface area (Å²) in [5.41, 5.74) is 6.66. The molecule has 5 heteroatoms. The van der Waals surface area contributed by atoms with Crippen LogP contribution in [0.25, 0.3) is 0 Å². The van der Waals surface area contributed by atoms with Gasteiger partial charge < -0.3 is 5.73 Å². The van der Waals surface area contributed by atoms with Gasteiger partial charge in [-0.15, -0.1) is 0 Å². The molecule has 82 valence electrons. The summed E-state index contributed by atoms with van der Waals surface area (Å²) < 4.78 is 0. The minimum Gasteiger partial charge on any atom is -0.326 e. The molecular formula is C10H13Cl2N3. The van der Waals surface area contributed by atoms with Gasteiger partial charge in [0.05, 0.1) is 10.7 Å². The first-order chi connectivity index (χ1) is 7.15. The monoisotopic (exact) mass is 245 g/mol. The van der Waals surface area contributed by atoms with Crippen LogP contribution in [0, 0.1) is 0 Å². The van der Waals surface area contributed by atoms with E-state index in [1.165, 1.54) is 0 Å². The molecule has 15 heavy (non-hydrogen) atoms. The molecule has 1 unspecified atom stereocenters. The lowest BCUT2D eigenvalue weighted by molar-refractivity contribution is 0.323. The summed E-state index contributed by atoms with van der Waals surface area (Å²) in [4.78, 5) is 6.46. The van der Waals surface area contributed by atoms with E-state index in [1.54, 1.807) is 12.1 Å². The maximum absolute atomic E-state index is 6.03. The fourth-order valence-corrected chi connectivity index (χ4v) is 2.12. The van der Waals surface area contributed by atoms with Gasteiger partial charge in [0.2, 0.25) is 0 Å². The molecule has 3 nitrogen and oxygen atoms in total. The average Bonchev–Trinajstić information content (AvgIpc) is 2.58. The third-order valence-electron chi connectivity index (χ3n) is 2.57. The SMILES string of the molecule is NC1CCN(Cc2nc(Cl)ccc2Cl)C1. The number of likely N-dealkylation sites (tertiary alicyclic amines) is 1. The second-order valence-electron chi connectivity index (χ2n) is 3.85. The number of rotatable bonds is 2. The Morgan fingerprint density at radius 3 is 2.93 bits per heavy atom. The minimum atomic E-state index is 0.281. The summed E-state index contributed by atoms with van der Waals surface area (Å²) in [6.07, 6.45) is 1.04. The molecule has 1 aliphatic rings. The quantitative estimate of drug-likeness (QED) is 0.810. The molecule has 2 N–H and O–H groups in total. The Morgan fingerprint density at radius 1 is 1.47 bits per heavy atom. The summed E-state index contributed by atoms with van der Waals surface area (Å²) in [7, 11) is 0. The molecular weight excluding hydrogens is 233 g/mol. The molecule has 1 fully saturated rings. The van der Waals surface area contributed by atoms with E-state index in [9.17, 15) is 0 Å². The Hall–Kier alpha value is -0.350. The molecule has 1 aliphatic heterocycles. The van der Waals surface area contributed by atoms with Crippen molar-refractivity contribution in [2.45, 2.75) is 19.0 Å². The molecule has 0 saturated carbocycles. The van der Waals surface area contributed by atoms with Crippen LogP contribution in [-0.4, -0.2) is 29.0 Å². The number of pyridine rings is 1. The van der Waals surface area contributed by atoms with E-state index in [0.29, 0.717) is 10.2 Å². The molecule has 1 atom stereocenters. The lowest BCUT2D eigenvalue weighted by atomic mass is 10.3. The Kier molecular flexibility index (Phi) is 3.46. The topological polar surface area (TPSA) is 42.1 Å². The number of hydrogen-bond donors (Lipinski definition) is 1. The maximum atomic E-state index is 6.03. The highest BCUT2D eigenvalue weighted by Crippen LogP contribution is 2.20. The number of halogens is 2. The van der Waals surface area contributed by atoms with Gasteiger partial charge in [0.1, 0.15) is 5.15 Å². The van der Waals surface area contributed by atoms with Gasteiger partial charge in [0.15, 0.2) is 0 Å². The first-order valence-corrected chi connectivity index (χ1v) is 5.69. The summed E-state index contributed by atoms with van der Waals surface area (Å²) in [6, 6.07) is 3.76. The third-order valence-corrected chi connectivity index (χ3v) is 3.12. The summed E-state index contributed by atoms with van der Waals surface area (Å²) in [5.74, 6) is 0. The van der Waals surface area contributed by atoms with Crippen LogP contribution < -0.4 is 5.73 Å². The maximum Gasteiger partial charge on any atom is 0.129 e. The second kappa shape index (κ2) is 4.66. The van der Waals surface area contributed by atoms with Gasteiger partial charge in [-0.25, -0.2) is 4.98 Å². The van der Waals surface area contributed by atoms with Gasteiger partial charge >= 0.3 is 0 Å². The fourth-order valence-electron chi connectivity index (χ4n) is 1.79. The molecule has 1 saturated heterocycles. The second-order valence-corrected chi connectivity index (χ2v) is 4.64. The van der Waals surface area contributed by atoms with E-state index >= 15 is 0 Å². The van der Waals surface area contributed by atoms with E-state index < -0.39 is 0 Å². The summed E-state index contributed by atoms with van der Waals surface area (Å²) in [5, 5.41) is 1.15. The van der Waals surface area contributed by atoms with E-state index in [4.69, 9.17) is 28.9 Å². The smallest absolute Gasteiger partial charge is 0.129 e. The predicted molar refractivity (Wildman–Crippen MR) is 62.1 cm³/mol. The molecule has 0 radical (unpaired) electrons. The average molecular weight is 246 g/mol. The van der Waals surface area contributed by atoms with Crippen LogP contribution in [0.2, 0.25) is 10.2 Å². The van der Waals surface area contributed by atoms with Crippen LogP contribution in [0.15, 0.2) is 12.1 Å². The largest absolute Gasteiger partial charge is 0.326 e. The summed E-state index contributed by atoms with van der Waals surface area (Å²) in [6.45, 7) is 2.64. The van der Waals surface area contributed by atoms with Crippen LogP contribution >= 0.6 is 23.2 Å². The normalized spacial score (nSPS) is 22.2. The van der Waals surface area contributed by atoms with Crippen molar-refractivity contribution in [2.24, 2.45) is 5.73 Å². The van der Waals surface area contributed by atoms with E-state index in [-0.39, 0.29) is 6.04 Å². The van der Waals surface area contributed by atoms with Crippen molar-refractivity contribution in [2.75, 3.05) is 13.1 Å². The first-order valence-electron chi connectivity index (χ1n) is 4.94. The highest BCUT2D eigenvalue weighted by Gasteiger charge is 2.20. The number of nitrogens with two attached hydrogens (primary N) is 1. The Bertz CT molecular complexity index is 357. The molecule has 0 aliphatic carbocycles. The van der Waals surface area contributed by atoms with Crippen LogP contribution in [0.5, 0.6) is 0 Å². The van der Waals surface area contributed by atoms with Crippen LogP contribution in [-0.2, 0) is 6.54 Å². The van der Waals surface area contributed by atoms with Crippen molar-refractivity contribution < 1.29 is 0 Å². The van der Waals surface area contributed by atoms with E-state index in [1.807, 2.05) is 0 Å². The number of hydrogen-bond acceptors (Lipinski definition) is 3. The molecule has 0 amide bonds. The van der Waals surface area contributed by atoms with E-state index in [0.717, 1.165) is 31.7 Å². The van der Waals surface area contributed by atoms with Gasteiger partial charge in [0, 0.05) is 25.7 Å². The van der Waals surface area contributed by atoms with Crippen LogP contribution in [0.3, 0.4) is 0 Å². The van der Waals surface area contributed by atoms with Gasteiger partial charge in [-0.2, -0.15) is 0 Å². The van der Waals surface area contributed by atoms with Crippen molar-refractivity contribution in [1.29, 1.82) is 0 Å². The zero-order valence-corrected chi connectivity index (χ0v) is 9.80. The van der Waals surface area contributed by atoms with Gasteiger partial charge in [0.25, 0.3) is 0 Å². The first kappa shape index (κ1) is 11.1. The zero-order valence-electron chi connectivity index (χ0n) is 8.29. The molecule has 0 spiro atoms.